The molecule has 0 aromatic heterocycles. The third kappa shape index (κ3) is 2.78. The van der Waals surface area contributed by atoms with Crippen LogP contribution in [0.5, 0.6) is 0 Å². The van der Waals surface area contributed by atoms with Crippen LogP contribution in [-0.2, 0) is 20.7 Å². The molecule has 0 unspecified atom stereocenters. The lowest BCUT2D eigenvalue weighted by Gasteiger charge is -2.40. The summed E-state index contributed by atoms with van der Waals surface area (Å²) < 4.78 is 5.26. The molecule has 3 nitrogen and oxygen atoms in total. The summed E-state index contributed by atoms with van der Waals surface area (Å²) in [6.45, 7) is 2.06. The van der Waals surface area contributed by atoms with Crippen molar-refractivity contribution >= 4 is 17.3 Å². The zero-order valence-corrected chi connectivity index (χ0v) is 14.9. The Morgan fingerprint density at radius 2 is 1.81 bits per heavy atom. The number of ketones is 1. The highest BCUT2D eigenvalue weighted by Crippen LogP contribution is 2.49. The standard InChI is InChI=1S/C23H22O3/c1-2-26-23(25)22-20(24)14-19-17-11-7-6-8-15(17)12-13-18(19)21(22)16-9-4-3-5-10-16/h3-11,14,18,21-22H,2,12-13H2,1H3/t18-,21-,22-/m1/s1. The molecule has 0 fully saturated rings. The van der Waals surface area contributed by atoms with Crippen LogP contribution < -0.4 is 0 Å². The van der Waals surface area contributed by atoms with E-state index in [4.69, 9.17) is 4.74 Å². The second kappa shape index (κ2) is 6.91. The van der Waals surface area contributed by atoms with Crippen LogP contribution in [0.4, 0.5) is 0 Å². The minimum atomic E-state index is -0.753. The van der Waals surface area contributed by atoms with Gasteiger partial charge in [-0.05, 0) is 54.0 Å². The maximum atomic E-state index is 13.0. The molecule has 0 aliphatic heterocycles. The zero-order chi connectivity index (χ0) is 18.1. The van der Waals surface area contributed by atoms with Crippen molar-refractivity contribution in [2.45, 2.75) is 25.7 Å². The van der Waals surface area contributed by atoms with Crippen molar-refractivity contribution in [1.82, 2.24) is 0 Å². The summed E-state index contributed by atoms with van der Waals surface area (Å²) in [5, 5.41) is 0. The third-order valence-electron chi connectivity index (χ3n) is 5.57. The first-order chi connectivity index (χ1) is 12.7. The number of rotatable bonds is 3. The zero-order valence-electron chi connectivity index (χ0n) is 14.9. The quantitative estimate of drug-likeness (QED) is 0.619. The Balaban J connectivity index is 1.85. The number of esters is 1. The predicted molar refractivity (Wildman–Crippen MR) is 101 cm³/mol. The number of benzene rings is 2. The van der Waals surface area contributed by atoms with Crippen LogP contribution in [0.1, 0.15) is 36.0 Å². The summed E-state index contributed by atoms with van der Waals surface area (Å²) in [6.07, 6.45) is 3.60. The van der Waals surface area contributed by atoms with Crippen LogP contribution in [0.25, 0.3) is 5.57 Å². The summed E-state index contributed by atoms with van der Waals surface area (Å²) in [7, 11) is 0. The number of fused-ring (bicyclic) bond motifs is 3. The van der Waals surface area contributed by atoms with Crippen molar-refractivity contribution in [3.8, 4) is 0 Å². The normalized spacial score (nSPS) is 24.3. The molecule has 0 radical (unpaired) electrons. The van der Waals surface area contributed by atoms with Gasteiger partial charge in [0.1, 0.15) is 5.92 Å². The minimum Gasteiger partial charge on any atom is -0.465 e. The van der Waals surface area contributed by atoms with Gasteiger partial charge in [-0.2, -0.15) is 0 Å². The molecule has 2 aromatic rings. The van der Waals surface area contributed by atoms with Crippen molar-refractivity contribution in [2.75, 3.05) is 6.61 Å². The van der Waals surface area contributed by atoms with Crippen LogP contribution in [0.15, 0.2) is 60.7 Å². The van der Waals surface area contributed by atoms with Gasteiger partial charge in [-0.15, -0.1) is 0 Å². The Morgan fingerprint density at radius 3 is 2.58 bits per heavy atom. The summed E-state index contributed by atoms with van der Waals surface area (Å²) >= 11 is 0. The number of carbonyl (C=O) groups is 2. The molecule has 0 bridgehead atoms. The Kier molecular flexibility index (Phi) is 4.46. The fourth-order valence-corrected chi connectivity index (χ4v) is 4.49. The molecular formula is C23H22O3. The fraction of sp³-hybridized carbons (Fsp3) is 0.304. The second-order valence-corrected chi connectivity index (χ2v) is 6.97. The van der Waals surface area contributed by atoms with Gasteiger partial charge in [0.25, 0.3) is 0 Å². The predicted octanol–water partition coefficient (Wildman–Crippen LogP) is 4.18. The molecular weight excluding hydrogens is 324 g/mol. The van der Waals surface area contributed by atoms with Crippen LogP contribution in [0.3, 0.4) is 0 Å². The van der Waals surface area contributed by atoms with Gasteiger partial charge < -0.3 is 4.74 Å². The van der Waals surface area contributed by atoms with Gasteiger partial charge in [0, 0.05) is 5.92 Å². The van der Waals surface area contributed by atoms with Crippen LogP contribution in [-0.4, -0.2) is 18.4 Å². The molecule has 3 atom stereocenters. The van der Waals surface area contributed by atoms with E-state index < -0.39 is 11.9 Å². The minimum absolute atomic E-state index is 0.139. The topological polar surface area (TPSA) is 43.4 Å². The molecule has 4 rings (SSSR count). The molecule has 132 valence electrons. The van der Waals surface area contributed by atoms with E-state index in [-0.39, 0.29) is 24.2 Å². The van der Waals surface area contributed by atoms with Crippen molar-refractivity contribution in [1.29, 1.82) is 0 Å². The molecule has 0 saturated heterocycles. The Morgan fingerprint density at radius 1 is 1.08 bits per heavy atom. The molecule has 2 aliphatic carbocycles. The van der Waals surface area contributed by atoms with Gasteiger partial charge in [0.2, 0.25) is 0 Å². The Hall–Kier alpha value is -2.68. The number of allylic oxidation sites excluding steroid dienone is 2. The molecule has 2 aliphatic rings. The molecule has 0 N–H and O–H groups in total. The average Bonchev–Trinajstić information content (AvgIpc) is 2.67. The molecule has 26 heavy (non-hydrogen) atoms. The maximum absolute atomic E-state index is 13.0. The third-order valence-corrected chi connectivity index (χ3v) is 5.57. The molecule has 3 heteroatoms. The van der Waals surface area contributed by atoms with E-state index >= 15 is 0 Å². The summed E-state index contributed by atoms with van der Waals surface area (Å²) in [6, 6.07) is 18.2. The number of hydrogen-bond donors (Lipinski definition) is 0. The Bertz CT molecular complexity index is 866. The lowest BCUT2D eigenvalue weighted by atomic mass is 9.62. The monoisotopic (exact) mass is 346 g/mol. The average molecular weight is 346 g/mol. The summed E-state index contributed by atoms with van der Waals surface area (Å²) in [5.74, 6) is -1.31. The number of aryl methyl sites for hydroxylation is 1. The molecule has 0 spiro atoms. The number of hydrogen-bond acceptors (Lipinski definition) is 3. The Labute approximate surface area is 153 Å². The SMILES string of the molecule is CCOC(=O)[C@@H]1C(=O)C=C2c3ccccc3CC[C@H]2[C@H]1c1ccccc1. The lowest BCUT2D eigenvalue weighted by Crippen LogP contribution is -2.39. The van der Waals surface area contributed by atoms with Crippen LogP contribution >= 0.6 is 0 Å². The highest BCUT2D eigenvalue weighted by molar-refractivity contribution is 6.11. The van der Waals surface area contributed by atoms with E-state index in [0.29, 0.717) is 0 Å². The highest BCUT2D eigenvalue weighted by Gasteiger charge is 2.46. The van der Waals surface area contributed by atoms with E-state index in [2.05, 4.69) is 12.1 Å². The maximum Gasteiger partial charge on any atom is 0.317 e. The van der Waals surface area contributed by atoms with Crippen molar-refractivity contribution < 1.29 is 14.3 Å². The van der Waals surface area contributed by atoms with Crippen molar-refractivity contribution in [3.05, 3.63) is 77.4 Å². The molecule has 0 amide bonds. The second-order valence-electron chi connectivity index (χ2n) is 6.97. The molecule has 0 heterocycles. The van der Waals surface area contributed by atoms with E-state index in [1.165, 1.54) is 5.56 Å². The van der Waals surface area contributed by atoms with Gasteiger partial charge >= 0.3 is 5.97 Å². The highest BCUT2D eigenvalue weighted by atomic mass is 16.5. The van der Waals surface area contributed by atoms with Gasteiger partial charge in [-0.3, -0.25) is 9.59 Å². The van der Waals surface area contributed by atoms with Gasteiger partial charge in [0.15, 0.2) is 5.78 Å². The van der Waals surface area contributed by atoms with E-state index in [1.54, 1.807) is 13.0 Å². The summed E-state index contributed by atoms with van der Waals surface area (Å²) in [5.41, 5.74) is 4.55. The van der Waals surface area contributed by atoms with E-state index in [1.807, 2.05) is 42.5 Å². The van der Waals surface area contributed by atoms with E-state index in [9.17, 15) is 9.59 Å². The van der Waals surface area contributed by atoms with Crippen LogP contribution in [0, 0.1) is 11.8 Å². The molecule has 0 saturated carbocycles. The first kappa shape index (κ1) is 16.8. The number of carbonyl (C=O) groups excluding carboxylic acids is 2. The largest absolute Gasteiger partial charge is 0.465 e. The first-order valence-electron chi connectivity index (χ1n) is 9.26. The summed E-state index contributed by atoms with van der Waals surface area (Å²) in [4.78, 5) is 25.6. The smallest absolute Gasteiger partial charge is 0.317 e. The number of ether oxygens (including phenoxy) is 1. The fourth-order valence-electron chi connectivity index (χ4n) is 4.49. The molecule has 2 aromatic carbocycles. The van der Waals surface area contributed by atoms with Crippen molar-refractivity contribution in [2.24, 2.45) is 11.8 Å². The van der Waals surface area contributed by atoms with Crippen molar-refractivity contribution in [3.63, 3.8) is 0 Å². The van der Waals surface area contributed by atoms with Gasteiger partial charge in [0.05, 0.1) is 6.61 Å². The lowest BCUT2D eigenvalue weighted by molar-refractivity contribution is -0.152. The van der Waals surface area contributed by atoms with Crippen LogP contribution in [0.2, 0.25) is 0 Å². The van der Waals surface area contributed by atoms with Gasteiger partial charge in [-0.1, -0.05) is 54.6 Å². The van der Waals surface area contributed by atoms with Gasteiger partial charge in [-0.25, -0.2) is 0 Å². The van der Waals surface area contributed by atoms with E-state index in [0.717, 1.165) is 29.5 Å². The first-order valence-corrected chi connectivity index (χ1v) is 9.26.